The fourth-order valence-corrected chi connectivity index (χ4v) is 3.96. The molecule has 1 fully saturated rings. The largest absolute Gasteiger partial charge is 0.480 e. The highest BCUT2D eigenvalue weighted by molar-refractivity contribution is 7.99. The zero-order valence-electron chi connectivity index (χ0n) is 12.6. The molecule has 0 spiro atoms. The first-order chi connectivity index (χ1) is 10.9. The van der Waals surface area contributed by atoms with Crippen LogP contribution in [0, 0.1) is 0 Å². The molecule has 1 saturated heterocycles. The first-order valence-corrected chi connectivity index (χ1v) is 8.41. The Labute approximate surface area is 136 Å². The van der Waals surface area contributed by atoms with Crippen LogP contribution in [0.2, 0.25) is 0 Å². The summed E-state index contributed by atoms with van der Waals surface area (Å²) in [7, 11) is 1.61. The summed E-state index contributed by atoms with van der Waals surface area (Å²) in [6.45, 7) is 0. The average molecular weight is 335 g/mol. The number of amides is 1. The van der Waals surface area contributed by atoms with Gasteiger partial charge < -0.3 is 15.4 Å². The second-order valence-electron chi connectivity index (χ2n) is 5.67. The highest BCUT2D eigenvalue weighted by Crippen LogP contribution is 2.28. The van der Waals surface area contributed by atoms with Crippen molar-refractivity contribution in [3.63, 3.8) is 0 Å². The van der Waals surface area contributed by atoms with E-state index in [0.717, 1.165) is 0 Å². The molecule has 23 heavy (non-hydrogen) atoms. The van der Waals surface area contributed by atoms with Crippen molar-refractivity contribution in [1.29, 1.82) is 0 Å². The van der Waals surface area contributed by atoms with Crippen LogP contribution in [0.5, 0.6) is 0 Å². The number of aliphatic carboxylic acids is 1. The van der Waals surface area contributed by atoms with Crippen molar-refractivity contribution in [1.82, 2.24) is 14.9 Å². The number of imidazole rings is 1. The Balaban J connectivity index is 1.92. The number of carboxylic acid groups (broad SMARTS) is 1. The maximum absolute atomic E-state index is 12.5. The Morgan fingerprint density at radius 1 is 1.35 bits per heavy atom. The minimum absolute atomic E-state index is 0.260. The second kappa shape index (κ2) is 5.77. The Hall–Kier alpha value is -2.22. The van der Waals surface area contributed by atoms with Gasteiger partial charge in [-0.3, -0.25) is 9.36 Å². The third-order valence-electron chi connectivity index (χ3n) is 4.28. The number of nitrogens with one attached hydrogen (secondary N) is 2. The van der Waals surface area contributed by atoms with Crippen molar-refractivity contribution in [2.75, 3.05) is 11.5 Å². The highest BCUT2D eigenvalue weighted by Gasteiger charge is 2.41. The Morgan fingerprint density at radius 2 is 2.04 bits per heavy atom. The molecule has 0 bridgehead atoms. The molecule has 3 rings (SSSR count). The van der Waals surface area contributed by atoms with Crippen LogP contribution in [0.3, 0.4) is 0 Å². The molecule has 3 N–H and O–H groups in total. The van der Waals surface area contributed by atoms with Crippen molar-refractivity contribution in [2.24, 2.45) is 7.05 Å². The zero-order chi connectivity index (χ0) is 16.6. The van der Waals surface area contributed by atoms with Crippen LogP contribution in [0.4, 0.5) is 0 Å². The number of H-pyrrole nitrogens is 1. The van der Waals surface area contributed by atoms with Gasteiger partial charge in [0.1, 0.15) is 5.54 Å². The predicted molar refractivity (Wildman–Crippen MR) is 87.9 cm³/mol. The summed E-state index contributed by atoms with van der Waals surface area (Å²) in [5.74, 6) is -0.0216. The second-order valence-corrected chi connectivity index (χ2v) is 6.90. The molecule has 1 amide bonds. The van der Waals surface area contributed by atoms with Crippen LogP contribution in [-0.2, 0) is 11.8 Å². The molecule has 1 aromatic heterocycles. The van der Waals surface area contributed by atoms with Crippen LogP contribution in [0.1, 0.15) is 23.2 Å². The molecule has 1 aliphatic heterocycles. The van der Waals surface area contributed by atoms with E-state index in [0.29, 0.717) is 40.9 Å². The van der Waals surface area contributed by atoms with Gasteiger partial charge in [0.15, 0.2) is 0 Å². The molecule has 0 radical (unpaired) electrons. The fourth-order valence-electron chi connectivity index (χ4n) is 2.77. The lowest BCUT2D eigenvalue weighted by molar-refractivity contribution is -0.144. The van der Waals surface area contributed by atoms with Crippen molar-refractivity contribution in [2.45, 2.75) is 18.4 Å². The van der Waals surface area contributed by atoms with Crippen molar-refractivity contribution in [3.05, 3.63) is 34.2 Å². The van der Waals surface area contributed by atoms with E-state index in [1.165, 1.54) is 4.57 Å². The highest BCUT2D eigenvalue weighted by atomic mass is 32.2. The zero-order valence-corrected chi connectivity index (χ0v) is 13.4. The van der Waals surface area contributed by atoms with E-state index >= 15 is 0 Å². The lowest BCUT2D eigenvalue weighted by Crippen LogP contribution is -2.56. The van der Waals surface area contributed by atoms with Gasteiger partial charge >= 0.3 is 11.7 Å². The van der Waals surface area contributed by atoms with E-state index in [-0.39, 0.29) is 5.69 Å². The first kappa shape index (κ1) is 15.7. The van der Waals surface area contributed by atoms with Gasteiger partial charge in [-0.25, -0.2) is 9.59 Å². The Morgan fingerprint density at radius 3 is 2.70 bits per heavy atom. The van der Waals surface area contributed by atoms with Crippen LogP contribution >= 0.6 is 11.8 Å². The van der Waals surface area contributed by atoms with E-state index in [2.05, 4.69) is 10.3 Å². The molecule has 8 heteroatoms. The average Bonchev–Trinajstić information content (AvgIpc) is 2.82. The van der Waals surface area contributed by atoms with Crippen LogP contribution in [-0.4, -0.2) is 43.6 Å². The van der Waals surface area contributed by atoms with E-state index in [1.807, 2.05) is 0 Å². The van der Waals surface area contributed by atoms with Gasteiger partial charge in [-0.15, -0.1) is 0 Å². The monoisotopic (exact) mass is 335 g/mol. The number of carbonyl (C=O) groups is 2. The molecular weight excluding hydrogens is 318 g/mol. The lowest BCUT2D eigenvalue weighted by atomic mass is 9.92. The lowest BCUT2D eigenvalue weighted by Gasteiger charge is -2.33. The summed E-state index contributed by atoms with van der Waals surface area (Å²) < 4.78 is 1.41. The number of aromatic amines is 1. The number of rotatable bonds is 3. The van der Waals surface area contributed by atoms with Crippen LogP contribution < -0.4 is 11.0 Å². The summed E-state index contributed by atoms with van der Waals surface area (Å²) >= 11 is 1.69. The first-order valence-electron chi connectivity index (χ1n) is 7.25. The number of hydrogen-bond donors (Lipinski definition) is 3. The standard InChI is InChI=1S/C15H17N3O4S/c1-18-11-8-9(2-3-10(11)16-14(18)22)12(19)17-15(13(20)21)4-6-23-7-5-15/h2-3,8H,4-7H2,1H3,(H,16,22)(H,17,19)(H,20,21). The molecule has 1 aromatic carbocycles. The van der Waals surface area contributed by atoms with Gasteiger partial charge in [0.2, 0.25) is 0 Å². The summed E-state index contributed by atoms with van der Waals surface area (Å²) in [6, 6.07) is 4.83. The van der Waals surface area contributed by atoms with Gasteiger partial charge in [0, 0.05) is 12.6 Å². The van der Waals surface area contributed by atoms with Crippen molar-refractivity contribution in [3.8, 4) is 0 Å². The fraction of sp³-hybridized carbons (Fsp3) is 0.400. The molecular formula is C15H17N3O4S. The molecule has 2 heterocycles. The molecule has 1 aliphatic rings. The SMILES string of the molecule is Cn1c(=O)[nH]c2ccc(C(=O)NC3(C(=O)O)CCSCC3)cc21. The number of nitrogens with zero attached hydrogens (tertiary/aromatic N) is 1. The maximum atomic E-state index is 12.5. The number of aromatic nitrogens is 2. The van der Waals surface area contributed by atoms with Crippen LogP contribution in [0.25, 0.3) is 11.0 Å². The third kappa shape index (κ3) is 2.74. The normalized spacial score (nSPS) is 17.1. The summed E-state index contributed by atoms with van der Waals surface area (Å²) in [6.07, 6.45) is 0.813. The van der Waals surface area contributed by atoms with E-state index in [1.54, 1.807) is 37.0 Å². The number of aryl methyl sites for hydroxylation is 1. The number of fused-ring (bicyclic) bond motifs is 1. The Bertz CT molecular complexity index is 833. The number of carbonyl (C=O) groups excluding carboxylic acids is 1. The third-order valence-corrected chi connectivity index (χ3v) is 5.26. The molecule has 0 aliphatic carbocycles. The molecule has 7 nitrogen and oxygen atoms in total. The van der Waals surface area contributed by atoms with Crippen LogP contribution in [0.15, 0.2) is 23.0 Å². The van der Waals surface area contributed by atoms with E-state index < -0.39 is 17.4 Å². The van der Waals surface area contributed by atoms with Gasteiger partial charge in [-0.05, 0) is 42.5 Å². The summed E-state index contributed by atoms with van der Waals surface area (Å²) in [4.78, 5) is 38.4. The minimum atomic E-state index is -1.21. The predicted octanol–water partition coefficient (Wildman–Crippen LogP) is 0.947. The van der Waals surface area contributed by atoms with Gasteiger partial charge in [-0.2, -0.15) is 11.8 Å². The topological polar surface area (TPSA) is 104 Å². The number of carboxylic acids is 1. The Kier molecular flexibility index (Phi) is 3.93. The molecule has 0 unspecified atom stereocenters. The van der Waals surface area contributed by atoms with Gasteiger partial charge in [0.25, 0.3) is 5.91 Å². The van der Waals surface area contributed by atoms with Crippen molar-refractivity contribution < 1.29 is 14.7 Å². The molecule has 122 valence electrons. The van der Waals surface area contributed by atoms with E-state index in [4.69, 9.17) is 0 Å². The number of benzene rings is 1. The molecule has 0 saturated carbocycles. The van der Waals surface area contributed by atoms with Gasteiger partial charge in [-0.1, -0.05) is 0 Å². The van der Waals surface area contributed by atoms with Gasteiger partial charge in [0.05, 0.1) is 11.0 Å². The quantitative estimate of drug-likeness (QED) is 0.774. The number of hydrogen-bond acceptors (Lipinski definition) is 4. The summed E-state index contributed by atoms with van der Waals surface area (Å²) in [5.41, 5.74) is 0.110. The molecule has 0 atom stereocenters. The smallest absolute Gasteiger partial charge is 0.329 e. The number of thioether (sulfide) groups is 1. The minimum Gasteiger partial charge on any atom is -0.480 e. The summed E-state index contributed by atoms with van der Waals surface area (Å²) in [5, 5.41) is 12.2. The maximum Gasteiger partial charge on any atom is 0.329 e. The van der Waals surface area contributed by atoms with Crippen molar-refractivity contribution >= 4 is 34.7 Å². The molecule has 2 aromatic rings. The van der Waals surface area contributed by atoms with E-state index in [9.17, 15) is 19.5 Å².